The van der Waals surface area contributed by atoms with Gasteiger partial charge in [0.05, 0.1) is 10.9 Å². The van der Waals surface area contributed by atoms with Crippen molar-refractivity contribution in [3.63, 3.8) is 0 Å². The third-order valence-electron chi connectivity index (χ3n) is 1.36. The lowest BCUT2D eigenvalue weighted by atomic mass is 10.5. The van der Waals surface area contributed by atoms with Crippen LogP contribution in [-0.2, 0) is 6.54 Å². The summed E-state index contributed by atoms with van der Waals surface area (Å²) >= 11 is 8.67. The van der Waals surface area contributed by atoms with E-state index >= 15 is 0 Å². The minimum atomic E-state index is 0.558. The number of rotatable bonds is 2. The summed E-state index contributed by atoms with van der Waals surface area (Å²) < 4.78 is 0.758. The first kappa shape index (κ1) is 11.4. The van der Waals surface area contributed by atoms with E-state index in [1.807, 2.05) is 24.6 Å². The van der Waals surface area contributed by atoms with Gasteiger partial charge in [-0.25, -0.2) is 0 Å². The largest absolute Gasteiger partial charge is 0.272 e. The number of hydrogen-bond acceptors (Lipinski definition) is 4. The number of nitrogens with one attached hydrogen (secondary N) is 1. The van der Waals surface area contributed by atoms with Gasteiger partial charge in [-0.1, -0.05) is 23.4 Å². The molecule has 0 fully saturated rings. The first-order valence-electron chi connectivity index (χ1n) is 3.74. The Hall–Kier alpha value is -0.700. The van der Waals surface area contributed by atoms with Crippen molar-refractivity contribution in [3.05, 3.63) is 21.3 Å². The number of nitriles is 1. The highest BCUT2D eigenvalue weighted by atomic mass is 35.5. The number of thiophene rings is 1. The lowest BCUT2D eigenvalue weighted by Gasteiger charge is -1.97. The Morgan fingerprint density at radius 1 is 1.79 bits per heavy atom. The summed E-state index contributed by atoms with van der Waals surface area (Å²) in [5.41, 5.74) is 0. The third-order valence-corrected chi connectivity index (χ3v) is 3.20. The maximum atomic E-state index is 8.40. The summed E-state index contributed by atoms with van der Waals surface area (Å²) in [6.07, 6.45) is 3.70. The molecular weight excluding hydrogens is 238 g/mol. The summed E-state index contributed by atoms with van der Waals surface area (Å²) in [5, 5.41) is 11.5. The lowest BCUT2D eigenvalue weighted by Crippen LogP contribution is -2.13. The molecule has 1 aromatic rings. The standard InChI is InChI=1S/C8H8ClN3S2/c1-13-8(12-5-10)11-4-6-2-3-7(9)14-6/h2-3H,4H2,1H3,(H,11,12). The van der Waals surface area contributed by atoms with Crippen LogP contribution < -0.4 is 5.32 Å². The fraction of sp³-hybridized carbons (Fsp3) is 0.250. The maximum Gasteiger partial charge on any atom is 0.183 e. The van der Waals surface area contributed by atoms with E-state index in [1.165, 1.54) is 23.1 Å². The van der Waals surface area contributed by atoms with Gasteiger partial charge in [0.25, 0.3) is 0 Å². The highest BCUT2D eigenvalue weighted by Gasteiger charge is 1.98. The summed E-state index contributed by atoms with van der Waals surface area (Å²) in [5.74, 6) is 0. The fourth-order valence-electron chi connectivity index (χ4n) is 0.789. The van der Waals surface area contributed by atoms with Crippen LogP contribution in [0.1, 0.15) is 4.88 Å². The van der Waals surface area contributed by atoms with E-state index in [9.17, 15) is 0 Å². The zero-order valence-corrected chi connectivity index (χ0v) is 9.84. The van der Waals surface area contributed by atoms with Gasteiger partial charge in [0.15, 0.2) is 11.4 Å². The summed E-state index contributed by atoms with van der Waals surface area (Å²) in [6, 6.07) is 3.77. The molecule has 0 aliphatic rings. The average molecular weight is 246 g/mol. The van der Waals surface area contributed by atoms with Crippen molar-refractivity contribution < 1.29 is 0 Å². The summed E-state index contributed by atoms with van der Waals surface area (Å²) in [7, 11) is 0. The highest BCUT2D eigenvalue weighted by Crippen LogP contribution is 2.22. The Morgan fingerprint density at radius 2 is 2.57 bits per heavy atom. The number of halogens is 1. The lowest BCUT2D eigenvalue weighted by molar-refractivity contribution is 1.09. The number of hydrogen-bond donors (Lipinski definition) is 1. The van der Waals surface area contributed by atoms with Crippen molar-refractivity contribution in [2.75, 3.05) is 6.26 Å². The predicted molar refractivity (Wildman–Crippen MR) is 62.7 cm³/mol. The molecule has 0 unspecified atom stereocenters. The minimum Gasteiger partial charge on any atom is -0.272 e. The third kappa shape index (κ3) is 3.58. The number of aliphatic imine (C=N–C) groups is 1. The number of thioether (sulfide) groups is 1. The molecule has 0 radical (unpaired) electrons. The molecule has 74 valence electrons. The molecular formula is C8H8ClN3S2. The van der Waals surface area contributed by atoms with E-state index in [4.69, 9.17) is 16.9 Å². The molecule has 0 bridgehead atoms. The molecule has 1 heterocycles. The second-order valence-electron chi connectivity index (χ2n) is 2.27. The van der Waals surface area contributed by atoms with Crippen molar-refractivity contribution in [2.45, 2.75) is 6.54 Å². The van der Waals surface area contributed by atoms with Gasteiger partial charge >= 0.3 is 0 Å². The minimum absolute atomic E-state index is 0.558. The molecule has 0 saturated heterocycles. The maximum absolute atomic E-state index is 8.40. The van der Waals surface area contributed by atoms with Gasteiger partial charge in [-0.2, -0.15) is 5.26 Å². The van der Waals surface area contributed by atoms with Gasteiger partial charge < -0.3 is 0 Å². The topological polar surface area (TPSA) is 48.2 Å². The Bertz CT molecular complexity index is 367. The first-order chi connectivity index (χ1) is 6.76. The van der Waals surface area contributed by atoms with Crippen molar-refractivity contribution in [2.24, 2.45) is 4.99 Å². The molecule has 1 N–H and O–H groups in total. The van der Waals surface area contributed by atoms with Gasteiger partial charge in [0.2, 0.25) is 0 Å². The molecule has 0 aliphatic carbocycles. The molecule has 0 saturated carbocycles. The predicted octanol–water partition coefficient (Wildman–Crippen LogP) is 2.69. The van der Waals surface area contributed by atoms with Gasteiger partial charge in [0.1, 0.15) is 0 Å². The van der Waals surface area contributed by atoms with Crippen molar-refractivity contribution in [1.82, 2.24) is 5.32 Å². The van der Waals surface area contributed by atoms with Crippen LogP contribution in [0.15, 0.2) is 17.1 Å². The zero-order valence-electron chi connectivity index (χ0n) is 7.45. The van der Waals surface area contributed by atoms with Crippen LogP contribution in [0, 0.1) is 11.5 Å². The molecule has 3 nitrogen and oxygen atoms in total. The molecule has 0 spiro atoms. The molecule has 0 aromatic carbocycles. The van der Waals surface area contributed by atoms with Gasteiger partial charge in [0, 0.05) is 4.88 Å². The average Bonchev–Trinajstić information content (AvgIpc) is 2.59. The fourth-order valence-corrected chi connectivity index (χ4v) is 2.14. The zero-order chi connectivity index (χ0) is 10.4. The van der Waals surface area contributed by atoms with Gasteiger partial charge in [-0.3, -0.25) is 10.3 Å². The van der Waals surface area contributed by atoms with E-state index in [0.29, 0.717) is 11.7 Å². The van der Waals surface area contributed by atoms with Crippen LogP contribution in [0.4, 0.5) is 0 Å². The van der Waals surface area contributed by atoms with E-state index in [-0.39, 0.29) is 0 Å². The van der Waals surface area contributed by atoms with Crippen molar-refractivity contribution >= 4 is 39.9 Å². The summed E-state index contributed by atoms with van der Waals surface area (Å²) in [6.45, 7) is 0.558. The number of amidine groups is 1. The molecule has 14 heavy (non-hydrogen) atoms. The van der Waals surface area contributed by atoms with Crippen LogP contribution in [0.2, 0.25) is 4.34 Å². The summed E-state index contributed by atoms with van der Waals surface area (Å²) in [4.78, 5) is 5.30. The van der Waals surface area contributed by atoms with Gasteiger partial charge in [-0.05, 0) is 18.4 Å². The smallest absolute Gasteiger partial charge is 0.183 e. The van der Waals surface area contributed by atoms with Crippen LogP contribution >= 0.6 is 34.7 Å². The van der Waals surface area contributed by atoms with Crippen LogP contribution in [-0.4, -0.2) is 11.4 Å². The van der Waals surface area contributed by atoms with E-state index in [2.05, 4.69) is 10.3 Å². The second kappa shape index (κ2) is 5.91. The van der Waals surface area contributed by atoms with Crippen LogP contribution in [0.3, 0.4) is 0 Å². The van der Waals surface area contributed by atoms with E-state index in [1.54, 1.807) is 0 Å². The van der Waals surface area contributed by atoms with Crippen LogP contribution in [0.25, 0.3) is 0 Å². The van der Waals surface area contributed by atoms with E-state index < -0.39 is 0 Å². The Balaban J connectivity index is 2.57. The highest BCUT2D eigenvalue weighted by molar-refractivity contribution is 8.13. The Kier molecular flexibility index (Phi) is 4.80. The van der Waals surface area contributed by atoms with Gasteiger partial charge in [-0.15, -0.1) is 11.3 Å². The van der Waals surface area contributed by atoms with Crippen LogP contribution in [0.5, 0.6) is 0 Å². The molecule has 1 aromatic heterocycles. The normalized spacial score (nSPS) is 11.1. The molecule has 1 rings (SSSR count). The first-order valence-corrected chi connectivity index (χ1v) is 6.16. The van der Waals surface area contributed by atoms with Crippen molar-refractivity contribution in [1.29, 1.82) is 5.26 Å². The van der Waals surface area contributed by atoms with E-state index in [0.717, 1.165) is 9.21 Å². The monoisotopic (exact) mass is 245 g/mol. The molecule has 0 amide bonds. The molecule has 0 atom stereocenters. The SMILES string of the molecule is CSC(=NCc1ccc(Cl)s1)NC#N. The number of nitrogens with zero attached hydrogens (tertiary/aromatic N) is 2. The van der Waals surface area contributed by atoms with Crippen molar-refractivity contribution in [3.8, 4) is 6.19 Å². The Labute approximate surface area is 95.8 Å². The Morgan fingerprint density at radius 3 is 3.07 bits per heavy atom. The quantitative estimate of drug-likeness (QED) is 0.377. The second-order valence-corrected chi connectivity index (χ2v) is 4.86. The molecule has 6 heteroatoms. The molecule has 0 aliphatic heterocycles.